The Balaban J connectivity index is 1.22. The minimum atomic E-state index is -1.80. The van der Waals surface area contributed by atoms with E-state index < -0.39 is 138 Å². The maximum Gasteiger partial charge on any atom is 0.327 e. The van der Waals surface area contributed by atoms with Crippen molar-refractivity contribution >= 4 is 88.6 Å². The molecule has 0 saturated carbocycles. The van der Waals surface area contributed by atoms with Crippen LogP contribution in [0.1, 0.15) is 76.4 Å². The quantitative estimate of drug-likeness (QED) is 0.0740. The first-order valence-corrected chi connectivity index (χ1v) is 25.9. The number of hydrogen-bond acceptors (Lipinski definition) is 18. The van der Waals surface area contributed by atoms with Gasteiger partial charge in [-0.25, -0.2) is 4.79 Å². The number of β-lactam (4-membered cyclic amide) rings is 1. The number of nitrogens with two attached hydrogens (primary N) is 1. The maximum atomic E-state index is 15.0. The van der Waals surface area contributed by atoms with E-state index in [2.05, 4.69) is 37.2 Å². The van der Waals surface area contributed by atoms with Crippen molar-refractivity contribution in [3.63, 3.8) is 0 Å². The van der Waals surface area contributed by atoms with Crippen LogP contribution in [0.15, 0.2) is 72.8 Å². The Labute approximate surface area is 441 Å². The van der Waals surface area contributed by atoms with E-state index in [1.807, 2.05) is 0 Å². The number of aliphatic carboxylic acids is 3. The number of hydrogen-bond donors (Lipinski definition) is 14. The molecule has 0 aromatic heterocycles. The summed E-state index contributed by atoms with van der Waals surface area (Å²) in [5.41, 5.74) is 6.62. The molecule has 24 nitrogen and oxygen atoms in total. The van der Waals surface area contributed by atoms with Gasteiger partial charge in [-0.2, -0.15) is 0 Å². The number of fused-ring (bicyclic) bond motifs is 1. The molecule has 0 radical (unpaired) electrons. The summed E-state index contributed by atoms with van der Waals surface area (Å²) >= 11 is 3.11. The summed E-state index contributed by atoms with van der Waals surface area (Å²) < 4.78 is -3.16. The van der Waals surface area contributed by atoms with Gasteiger partial charge in [-0.15, -0.1) is 35.3 Å². The lowest BCUT2D eigenvalue weighted by Gasteiger charge is -2.44. The lowest BCUT2D eigenvalue weighted by Crippen LogP contribution is -2.71. The lowest BCUT2D eigenvalue weighted by atomic mass is 9.95. The zero-order valence-corrected chi connectivity index (χ0v) is 43.4. The first kappa shape index (κ1) is 56.0. The van der Waals surface area contributed by atoms with E-state index in [1.54, 1.807) is 41.5 Å². The smallest absolute Gasteiger partial charge is 0.327 e. The second kappa shape index (κ2) is 21.5. The highest BCUT2D eigenvalue weighted by atomic mass is 32.2. The van der Waals surface area contributed by atoms with E-state index in [0.29, 0.717) is 0 Å². The van der Waals surface area contributed by atoms with Crippen molar-refractivity contribution in [3.05, 3.63) is 89.5 Å². The minimum Gasteiger partial charge on any atom is -0.508 e. The van der Waals surface area contributed by atoms with Crippen LogP contribution in [-0.4, -0.2) is 156 Å². The van der Waals surface area contributed by atoms with Gasteiger partial charge in [0.05, 0.1) is 10.7 Å². The SMILES string of the molecule is CC1(C)SC2[C@H](NC(=O)[C@H](NC(=O)C(NC(=O)[C@H](NC(=O)C(NC(=O)[C@H](N)c3ccc(O)cc3)C3N[C@@H](C(=O)O)C(C)(C)S3)c3ccc(O)cc3)C3N[C@@H](C(=O)O)C(C)(C)S3)c3ccc(O)cc3)C(=O)N2[C@H]1C(=O)O. The predicted molar refractivity (Wildman–Crippen MR) is 273 cm³/mol. The molecule has 0 bridgehead atoms. The van der Waals surface area contributed by atoms with Gasteiger partial charge in [0.25, 0.3) is 0 Å². The molecule has 0 spiro atoms. The fourth-order valence-electron chi connectivity index (χ4n) is 9.30. The summed E-state index contributed by atoms with van der Waals surface area (Å²) in [6.45, 7) is 9.66. The van der Waals surface area contributed by atoms with Gasteiger partial charge in [-0.3, -0.25) is 49.0 Å². The molecule has 3 aromatic rings. The zero-order chi connectivity index (χ0) is 55.2. The number of carbonyl (C=O) groups is 9. The fourth-order valence-corrected chi connectivity index (χ4v) is 13.9. The number of carbonyl (C=O) groups excluding carboxylic acids is 6. The molecular formula is C48H57N9O15S3. The van der Waals surface area contributed by atoms with Gasteiger partial charge in [0.15, 0.2) is 0 Å². The van der Waals surface area contributed by atoms with Crippen molar-refractivity contribution in [1.82, 2.24) is 42.1 Å². The van der Waals surface area contributed by atoms with Crippen LogP contribution in [0.4, 0.5) is 0 Å². The van der Waals surface area contributed by atoms with Crippen molar-refractivity contribution in [3.8, 4) is 17.2 Å². The second-order valence-corrected chi connectivity index (χ2v) is 25.2. The molecule has 3 aromatic carbocycles. The zero-order valence-electron chi connectivity index (χ0n) is 41.0. The fraction of sp³-hybridized carbons (Fsp3) is 0.438. The van der Waals surface area contributed by atoms with Crippen LogP contribution >= 0.6 is 35.3 Å². The Kier molecular flexibility index (Phi) is 16.0. The van der Waals surface area contributed by atoms with Crippen LogP contribution in [0, 0.1) is 0 Å². The third-order valence-corrected chi connectivity index (χ3v) is 17.8. The highest BCUT2D eigenvalue weighted by Crippen LogP contribution is 2.51. The first-order valence-electron chi connectivity index (χ1n) is 23.2. The largest absolute Gasteiger partial charge is 0.508 e. The number of rotatable bonds is 18. The molecule has 5 unspecified atom stereocenters. The molecule has 402 valence electrons. The van der Waals surface area contributed by atoms with Crippen LogP contribution in [0.3, 0.4) is 0 Å². The van der Waals surface area contributed by atoms with Gasteiger partial charge in [0, 0.05) is 14.2 Å². The number of nitrogens with one attached hydrogen (secondary N) is 7. The van der Waals surface area contributed by atoms with Gasteiger partial charge >= 0.3 is 17.9 Å². The summed E-state index contributed by atoms with van der Waals surface area (Å²) in [5.74, 6) is -10.2. The Bertz CT molecular complexity index is 2770. The number of carboxylic acids is 3. The highest BCUT2D eigenvalue weighted by Gasteiger charge is 2.64. The number of benzene rings is 3. The maximum absolute atomic E-state index is 15.0. The molecule has 75 heavy (non-hydrogen) atoms. The summed E-state index contributed by atoms with van der Waals surface area (Å²) in [6.07, 6.45) is 0. The standard InChI is InChI=1S/C48H57N9O15S3/c1-46(2)31(43(67)68)55-39(73-46)28(52-34(61)25(49)19-7-13-22(58)14-8-19)37(64)50-26(20-9-15-23(59)16-10-20)35(62)53-29(40-56-32(44(69)70)47(3,4)74-40)38(65)51-27(21-11-17-24(60)18-12-21)36(63)54-30-41(66)57-33(45(71)72)48(5,6)75-42(30)57/h7-18,25-33,39-40,42,55-56,58-60H,49H2,1-6H3,(H,50,64)(H,51,65)(H,52,61)(H,53,62)(H,54,63)(H,67,68)(H,69,70)(H,71,72)/t25-,26-,27-,28?,29?,30-,31+,32+,33+,39?,40?,42?/m1/s1. The number of amides is 6. The Hall–Kier alpha value is -6.78. The van der Waals surface area contributed by atoms with Crippen LogP contribution < -0.4 is 43.0 Å². The van der Waals surface area contributed by atoms with E-state index in [-0.39, 0.29) is 33.9 Å². The molecule has 6 amide bonds. The normalized spacial score (nSPS) is 25.9. The third kappa shape index (κ3) is 11.7. The first-order chi connectivity index (χ1) is 35.0. The van der Waals surface area contributed by atoms with Crippen LogP contribution in [-0.2, 0) is 43.2 Å². The second-order valence-electron chi connectivity index (χ2n) is 19.9. The number of phenols is 3. The number of thioether (sulfide) groups is 3. The van der Waals surface area contributed by atoms with Crippen molar-refractivity contribution in [1.29, 1.82) is 0 Å². The van der Waals surface area contributed by atoms with Crippen LogP contribution in [0.5, 0.6) is 17.2 Å². The Morgan fingerprint density at radius 2 is 0.920 bits per heavy atom. The van der Waals surface area contributed by atoms with Crippen LogP contribution in [0.2, 0.25) is 0 Å². The van der Waals surface area contributed by atoms with Crippen molar-refractivity contribution < 1.29 is 73.8 Å². The van der Waals surface area contributed by atoms with Crippen molar-refractivity contribution in [2.24, 2.45) is 5.73 Å². The summed E-state index contributed by atoms with van der Waals surface area (Å²) in [4.78, 5) is 125. The molecule has 12 atom stereocenters. The highest BCUT2D eigenvalue weighted by molar-refractivity contribution is 8.02. The molecule has 0 aliphatic carbocycles. The summed E-state index contributed by atoms with van der Waals surface area (Å²) in [6, 6.07) is 1.99. The molecule has 27 heteroatoms. The molecule has 4 aliphatic heterocycles. The summed E-state index contributed by atoms with van der Waals surface area (Å²) in [5, 5.41) is 76.0. The monoisotopic (exact) mass is 1100 g/mol. The van der Waals surface area contributed by atoms with E-state index >= 15 is 0 Å². The van der Waals surface area contributed by atoms with Gasteiger partial charge in [-0.05, 0) is 94.6 Å². The van der Waals surface area contributed by atoms with Crippen molar-refractivity contribution in [2.45, 2.75) is 126 Å². The molecule has 4 fully saturated rings. The Morgan fingerprint density at radius 3 is 1.31 bits per heavy atom. The molecule has 15 N–H and O–H groups in total. The number of nitrogens with zero attached hydrogens (tertiary/aromatic N) is 1. The van der Waals surface area contributed by atoms with Gasteiger partial charge in [0.2, 0.25) is 35.4 Å². The average molecular weight is 1100 g/mol. The van der Waals surface area contributed by atoms with Gasteiger partial charge < -0.3 is 67.9 Å². The third-order valence-electron chi connectivity index (χ3n) is 13.2. The van der Waals surface area contributed by atoms with E-state index in [1.165, 1.54) is 72.8 Å². The molecule has 4 heterocycles. The average Bonchev–Trinajstić information content (AvgIpc) is 3.94. The summed E-state index contributed by atoms with van der Waals surface area (Å²) in [7, 11) is 0. The number of aromatic hydroxyl groups is 3. The lowest BCUT2D eigenvalue weighted by molar-refractivity contribution is -0.161. The van der Waals surface area contributed by atoms with E-state index in [4.69, 9.17) is 5.73 Å². The van der Waals surface area contributed by atoms with E-state index in [0.717, 1.165) is 40.2 Å². The number of phenolic OH excluding ortho intramolecular Hbond substituents is 3. The molecular weight excluding hydrogens is 1040 g/mol. The molecule has 4 saturated heterocycles. The predicted octanol–water partition coefficient (Wildman–Crippen LogP) is -0.0919. The topological polar surface area (TPSA) is 388 Å². The minimum absolute atomic E-state index is 0.00823. The van der Waals surface area contributed by atoms with Crippen molar-refractivity contribution in [2.75, 3.05) is 0 Å². The van der Waals surface area contributed by atoms with Gasteiger partial charge in [0.1, 0.15) is 77.0 Å². The molecule has 4 aliphatic rings. The Morgan fingerprint density at radius 1 is 0.533 bits per heavy atom. The van der Waals surface area contributed by atoms with Gasteiger partial charge in [-0.1, -0.05) is 36.4 Å². The number of carboxylic acid groups (broad SMARTS) is 3. The van der Waals surface area contributed by atoms with Crippen LogP contribution in [0.25, 0.3) is 0 Å². The molecule has 7 rings (SSSR count). The van der Waals surface area contributed by atoms with E-state index in [9.17, 15) is 73.8 Å².